The third kappa shape index (κ3) is 3.75. The van der Waals surface area contributed by atoms with Crippen LogP contribution >= 0.6 is 0 Å². The van der Waals surface area contributed by atoms with E-state index in [4.69, 9.17) is 15.6 Å². The summed E-state index contributed by atoms with van der Waals surface area (Å²) in [6.45, 7) is 5.04. The Bertz CT molecular complexity index is 145. The summed E-state index contributed by atoms with van der Waals surface area (Å²) in [6.07, 6.45) is -0.335. The van der Waals surface area contributed by atoms with Crippen molar-refractivity contribution < 1.29 is 14.6 Å². The Morgan fingerprint density at radius 3 is 2.73 bits per heavy atom. The number of carbonyl (C=O) groups excluding carboxylic acids is 1. The molecule has 0 bridgehead atoms. The van der Waals surface area contributed by atoms with Gasteiger partial charge in [-0.05, 0) is 6.92 Å². The van der Waals surface area contributed by atoms with E-state index in [0.717, 1.165) is 0 Å². The fraction of sp³-hybridized carbons (Fsp3) is 0.571. The first-order valence-corrected chi connectivity index (χ1v) is 3.29. The van der Waals surface area contributed by atoms with Gasteiger partial charge in [0.1, 0.15) is 0 Å². The van der Waals surface area contributed by atoms with Crippen LogP contribution in [0.4, 0.5) is 0 Å². The minimum Gasteiger partial charge on any atom is -0.390 e. The van der Waals surface area contributed by atoms with Crippen LogP contribution in [0.25, 0.3) is 0 Å². The van der Waals surface area contributed by atoms with E-state index in [9.17, 15) is 4.79 Å². The van der Waals surface area contributed by atoms with E-state index in [1.54, 1.807) is 0 Å². The number of aliphatic hydroxyl groups excluding tert-OH is 1. The van der Waals surface area contributed by atoms with Crippen LogP contribution in [-0.4, -0.2) is 29.8 Å². The molecule has 4 nitrogen and oxygen atoms in total. The van der Waals surface area contributed by atoms with Crippen molar-refractivity contribution in [1.29, 1.82) is 0 Å². The number of aliphatic hydroxyl groups is 1. The van der Waals surface area contributed by atoms with Crippen molar-refractivity contribution in [2.45, 2.75) is 19.1 Å². The molecule has 0 aliphatic rings. The average Bonchev–Trinajstić information content (AvgIpc) is 1.87. The summed E-state index contributed by atoms with van der Waals surface area (Å²) in [5.41, 5.74) is 4.92. The predicted octanol–water partition coefficient (Wildman–Crippen LogP) is -0.576. The predicted molar refractivity (Wildman–Crippen MR) is 40.8 cm³/mol. The highest BCUT2D eigenvalue weighted by Crippen LogP contribution is 1.97. The molecule has 0 saturated heterocycles. The highest BCUT2D eigenvalue weighted by molar-refractivity contribution is 5.79. The Hall–Kier alpha value is -0.870. The van der Waals surface area contributed by atoms with Gasteiger partial charge >= 0.3 is 0 Å². The molecule has 0 aromatic heterocycles. The van der Waals surface area contributed by atoms with Gasteiger partial charge in [0.25, 0.3) is 0 Å². The molecule has 0 heterocycles. The van der Waals surface area contributed by atoms with E-state index in [1.165, 1.54) is 13.0 Å². The number of hydrogen-bond acceptors (Lipinski definition) is 3. The van der Waals surface area contributed by atoms with Gasteiger partial charge in [0.05, 0.1) is 12.7 Å². The van der Waals surface area contributed by atoms with Crippen LogP contribution < -0.4 is 5.73 Å². The van der Waals surface area contributed by atoms with Crippen molar-refractivity contribution in [2.75, 3.05) is 6.61 Å². The number of amides is 1. The molecular formula is C7H13NO3. The number of nitrogens with two attached hydrogens (primary N) is 1. The van der Waals surface area contributed by atoms with Gasteiger partial charge < -0.3 is 15.6 Å². The van der Waals surface area contributed by atoms with Crippen LogP contribution in [0.5, 0.6) is 0 Å². The molecule has 11 heavy (non-hydrogen) atoms. The SMILES string of the molecule is C=CCOC(C(N)=O)C(C)O. The molecule has 0 fully saturated rings. The summed E-state index contributed by atoms with van der Waals surface area (Å²) in [4.78, 5) is 10.5. The standard InChI is InChI=1S/C7H13NO3/c1-3-4-11-6(5(2)9)7(8)10/h3,5-6,9H,1,4H2,2H3,(H2,8,10). The first-order chi connectivity index (χ1) is 5.09. The molecule has 0 aliphatic carbocycles. The summed E-state index contributed by atoms with van der Waals surface area (Å²) < 4.78 is 4.87. The summed E-state index contributed by atoms with van der Waals surface area (Å²) >= 11 is 0. The van der Waals surface area contributed by atoms with Gasteiger partial charge in [0.15, 0.2) is 6.10 Å². The van der Waals surface area contributed by atoms with E-state index in [0.29, 0.717) is 0 Å². The topological polar surface area (TPSA) is 72.5 Å². The van der Waals surface area contributed by atoms with E-state index in [-0.39, 0.29) is 6.61 Å². The minimum absolute atomic E-state index is 0.207. The summed E-state index contributed by atoms with van der Waals surface area (Å²) in [5, 5.41) is 8.95. The van der Waals surface area contributed by atoms with E-state index in [2.05, 4.69) is 6.58 Å². The molecule has 0 aromatic rings. The summed E-state index contributed by atoms with van der Waals surface area (Å²) in [5.74, 6) is -0.665. The van der Waals surface area contributed by atoms with Crippen molar-refractivity contribution in [3.8, 4) is 0 Å². The molecule has 4 heteroatoms. The third-order valence-corrected chi connectivity index (χ3v) is 1.11. The second kappa shape index (κ2) is 4.87. The fourth-order valence-corrected chi connectivity index (χ4v) is 0.631. The molecule has 0 rings (SSSR count). The largest absolute Gasteiger partial charge is 0.390 e. The lowest BCUT2D eigenvalue weighted by molar-refractivity contribution is -0.135. The van der Waals surface area contributed by atoms with E-state index < -0.39 is 18.1 Å². The van der Waals surface area contributed by atoms with E-state index in [1.807, 2.05) is 0 Å². The van der Waals surface area contributed by atoms with Crippen LogP contribution in [0, 0.1) is 0 Å². The third-order valence-electron chi connectivity index (χ3n) is 1.11. The van der Waals surface area contributed by atoms with Crippen LogP contribution in [0.2, 0.25) is 0 Å². The molecule has 0 aliphatic heterocycles. The maximum atomic E-state index is 10.5. The molecule has 2 atom stereocenters. The maximum Gasteiger partial charge on any atom is 0.249 e. The van der Waals surface area contributed by atoms with Crippen molar-refractivity contribution in [1.82, 2.24) is 0 Å². The first kappa shape index (κ1) is 10.1. The Balaban J connectivity index is 3.89. The number of hydrogen-bond donors (Lipinski definition) is 2. The monoisotopic (exact) mass is 159 g/mol. The fourth-order valence-electron chi connectivity index (χ4n) is 0.631. The molecule has 0 spiro atoms. The van der Waals surface area contributed by atoms with Gasteiger partial charge in [0.2, 0.25) is 5.91 Å². The molecule has 2 unspecified atom stereocenters. The quantitative estimate of drug-likeness (QED) is 0.527. The van der Waals surface area contributed by atoms with Crippen LogP contribution in [0.15, 0.2) is 12.7 Å². The Morgan fingerprint density at radius 1 is 1.91 bits per heavy atom. The Morgan fingerprint density at radius 2 is 2.45 bits per heavy atom. The highest BCUT2D eigenvalue weighted by atomic mass is 16.5. The lowest BCUT2D eigenvalue weighted by Crippen LogP contribution is -2.39. The second-order valence-electron chi connectivity index (χ2n) is 2.19. The number of ether oxygens (including phenoxy) is 1. The van der Waals surface area contributed by atoms with Gasteiger partial charge in [-0.15, -0.1) is 6.58 Å². The average molecular weight is 159 g/mol. The smallest absolute Gasteiger partial charge is 0.249 e. The Kier molecular flexibility index (Phi) is 4.49. The van der Waals surface area contributed by atoms with Gasteiger partial charge in [-0.2, -0.15) is 0 Å². The zero-order valence-corrected chi connectivity index (χ0v) is 6.49. The minimum atomic E-state index is -0.937. The molecule has 3 N–H and O–H groups in total. The van der Waals surface area contributed by atoms with Gasteiger partial charge in [0, 0.05) is 0 Å². The van der Waals surface area contributed by atoms with Crippen molar-refractivity contribution in [2.24, 2.45) is 5.73 Å². The number of rotatable bonds is 5. The van der Waals surface area contributed by atoms with Gasteiger partial charge in [-0.3, -0.25) is 4.79 Å². The lowest BCUT2D eigenvalue weighted by Gasteiger charge is -2.15. The summed E-state index contributed by atoms with van der Waals surface area (Å²) in [7, 11) is 0. The van der Waals surface area contributed by atoms with Crippen molar-refractivity contribution in [3.63, 3.8) is 0 Å². The first-order valence-electron chi connectivity index (χ1n) is 3.29. The number of carbonyl (C=O) groups is 1. The van der Waals surface area contributed by atoms with Crippen LogP contribution in [0.3, 0.4) is 0 Å². The van der Waals surface area contributed by atoms with Crippen LogP contribution in [-0.2, 0) is 9.53 Å². The molecule has 1 amide bonds. The van der Waals surface area contributed by atoms with Gasteiger partial charge in [-0.1, -0.05) is 6.08 Å². The summed E-state index contributed by atoms with van der Waals surface area (Å²) in [6, 6.07) is 0. The normalized spacial score (nSPS) is 15.5. The maximum absolute atomic E-state index is 10.5. The molecule has 0 radical (unpaired) electrons. The molecule has 0 saturated carbocycles. The van der Waals surface area contributed by atoms with Gasteiger partial charge in [-0.25, -0.2) is 0 Å². The molecule has 0 aromatic carbocycles. The zero-order chi connectivity index (χ0) is 8.85. The lowest BCUT2D eigenvalue weighted by atomic mass is 10.2. The highest BCUT2D eigenvalue weighted by Gasteiger charge is 2.20. The van der Waals surface area contributed by atoms with Crippen LogP contribution in [0.1, 0.15) is 6.92 Å². The second-order valence-corrected chi connectivity index (χ2v) is 2.19. The zero-order valence-electron chi connectivity index (χ0n) is 6.49. The molecule has 64 valence electrons. The number of primary amides is 1. The van der Waals surface area contributed by atoms with Crippen molar-refractivity contribution in [3.05, 3.63) is 12.7 Å². The molecular weight excluding hydrogens is 146 g/mol. The van der Waals surface area contributed by atoms with E-state index >= 15 is 0 Å². The van der Waals surface area contributed by atoms with Crippen molar-refractivity contribution >= 4 is 5.91 Å². The Labute approximate surface area is 65.6 Å².